The summed E-state index contributed by atoms with van der Waals surface area (Å²) in [6, 6.07) is 6.96. The van der Waals surface area contributed by atoms with Gasteiger partial charge in [-0.1, -0.05) is 33.3 Å². The van der Waals surface area contributed by atoms with Gasteiger partial charge in [0.05, 0.1) is 11.4 Å². The molecule has 3 heteroatoms. The van der Waals surface area contributed by atoms with Crippen LogP contribution in [0, 0.1) is 5.92 Å². The Kier molecular flexibility index (Phi) is 7.78. The van der Waals surface area contributed by atoms with Crippen molar-refractivity contribution in [2.24, 2.45) is 5.92 Å². The highest BCUT2D eigenvalue weighted by molar-refractivity contribution is 5.11. The van der Waals surface area contributed by atoms with Crippen LogP contribution in [0.15, 0.2) is 18.2 Å². The molecule has 0 aliphatic carbocycles. The van der Waals surface area contributed by atoms with Crippen molar-refractivity contribution >= 4 is 0 Å². The molecule has 0 bridgehead atoms. The van der Waals surface area contributed by atoms with E-state index in [4.69, 9.17) is 4.98 Å². The van der Waals surface area contributed by atoms with Crippen molar-refractivity contribution in [2.45, 2.75) is 59.7 Å². The van der Waals surface area contributed by atoms with Gasteiger partial charge in [-0.25, -0.2) is 0 Å². The first-order chi connectivity index (χ1) is 9.52. The molecule has 0 aliphatic rings. The number of nitrogens with zero attached hydrogens (tertiary/aromatic N) is 2. The minimum absolute atomic E-state index is 0.615. The average Bonchev–Trinajstić information content (AvgIpc) is 2.39. The summed E-state index contributed by atoms with van der Waals surface area (Å²) in [7, 11) is 2.19. The van der Waals surface area contributed by atoms with E-state index >= 15 is 0 Å². The van der Waals surface area contributed by atoms with Crippen LogP contribution in [0.4, 0.5) is 0 Å². The van der Waals surface area contributed by atoms with Crippen LogP contribution in [0.2, 0.25) is 0 Å². The van der Waals surface area contributed by atoms with Crippen molar-refractivity contribution in [3.63, 3.8) is 0 Å². The summed E-state index contributed by atoms with van der Waals surface area (Å²) in [6.45, 7) is 11.8. The lowest BCUT2D eigenvalue weighted by molar-refractivity contribution is 0.234. The van der Waals surface area contributed by atoms with Crippen molar-refractivity contribution in [1.29, 1.82) is 0 Å². The van der Waals surface area contributed by atoms with E-state index in [1.54, 1.807) is 0 Å². The van der Waals surface area contributed by atoms with E-state index in [-0.39, 0.29) is 0 Å². The molecule has 1 atom stereocenters. The van der Waals surface area contributed by atoms with Crippen LogP contribution in [0.3, 0.4) is 0 Å². The molecular weight excluding hydrogens is 246 g/mol. The molecule has 1 aromatic heterocycles. The van der Waals surface area contributed by atoms with Gasteiger partial charge in [0.15, 0.2) is 0 Å². The second-order valence-electron chi connectivity index (χ2n) is 6.20. The smallest absolute Gasteiger partial charge is 0.0547 e. The predicted octanol–water partition coefficient (Wildman–Crippen LogP) is 3.45. The van der Waals surface area contributed by atoms with Crippen molar-refractivity contribution < 1.29 is 0 Å². The van der Waals surface area contributed by atoms with Gasteiger partial charge in [-0.05, 0) is 45.0 Å². The minimum atomic E-state index is 0.615. The number of pyridine rings is 1. The van der Waals surface area contributed by atoms with Crippen LogP contribution in [-0.2, 0) is 13.1 Å². The Labute approximate surface area is 124 Å². The third-order valence-corrected chi connectivity index (χ3v) is 3.59. The molecule has 1 aromatic rings. The Balaban J connectivity index is 2.50. The Bertz CT molecular complexity index is 376. The molecule has 0 saturated carbocycles. The van der Waals surface area contributed by atoms with E-state index in [0.29, 0.717) is 12.0 Å². The molecule has 0 aromatic carbocycles. The molecule has 0 fully saturated rings. The first-order valence-corrected chi connectivity index (χ1v) is 7.88. The van der Waals surface area contributed by atoms with Gasteiger partial charge in [0.2, 0.25) is 0 Å². The number of aromatic nitrogens is 1. The molecule has 114 valence electrons. The molecule has 0 amide bonds. The van der Waals surface area contributed by atoms with Crippen molar-refractivity contribution in [2.75, 3.05) is 13.6 Å². The monoisotopic (exact) mass is 277 g/mol. The van der Waals surface area contributed by atoms with E-state index in [1.165, 1.54) is 18.5 Å². The number of nitrogens with one attached hydrogen (secondary N) is 1. The van der Waals surface area contributed by atoms with Crippen LogP contribution in [0.5, 0.6) is 0 Å². The van der Waals surface area contributed by atoms with Gasteiger partial charge < -0.3 is 5.32 Å². The third-order valence-electron chi connectivity index (χ3n) is 3.59. The van der Waals surface area contributed by atoms with E-state index < -0.39 is 0 Å². The summed E-state index contributed by atoms with van der Waals surface area (Å²) >= 11 is 0. The number of hydrogen-bond donors (Lipinski definition) is 1. The van der Waals surface area contributed by atoms with Crippen LogP contribution in [-0.4, -0.2) is 29.5 Å². The maximum atomic E-state index is 4.75. The van der Waals surface area contributed by atoms with Gasteiger partial charge in [-0.2, -0.15) is 0 Å². The summed E-state index contributed by atoms with van der Waals surface area (Å²) in [5.41, 5.74) is 2.30. The SMILES string of the molecule is CCCC(C)N(C)Cc1cccc(CNCC(C)C)n1. The lowest BCUT2D eigenvalue weighted by Crippen LogP contribution is -2.29. The third kappa shape index (κ3) is 6.49. The Morgan fingerprint density at radius 3 is 2.55 bits per heavy atom. The molecule has 1 heterocycles. The zero-order chi connectivity index (χ0) is 15.0. The van der Waals surface area contributed by atoms with Crippen LogP contribution < -0.4 is 5.32 Å². The van der Waals surface area contributed by atoms with Crippen molar-refractivity contribution in [1.82, 2.24) is 15.2 Å². The van der Waals surface area contributed by atoms with Crippen LogP contribution in [0.25, 0.3) is 0 Å². The standard InChI is InChI=1S/C17H31N3/c1-6-8-15(4)20(5)13-17-10-7-9-16(19-17)12-18-11-14(2)3/h7,9-10,14-15,18H,6,8,11-13H2,1-5H3. The normalized spacial score (nSPS) is 13.2. The van der Waals surface area contributed by atoms with Gasteiger partial charge in [0, 0.05) is 19.1 Å². The van der Waals surface area contributed by atoms with E-state index in [2.05, 4.69) is 63.2 Å². The summed E-state index contributed by atoms with van der Waals surface area (Å²) in [5.74, 6) is 0.680. The summed E-state index contributed by atoms with van der Waals surface area (Å²) < 4.78 is 0. The van der Waals surface area contributed by atoms with Gasteiger partial charge >= 0.3 is 0 Å². The zero-order valence-corrected chi connectivity index (χ0v) is 13.8. The summed E-state index contributed by atoms with van der Waals surface area (Å²) in [4.78, 5) is 7.13. The fourth-order valence-corrected chi connectivity index (χ4v) is 2.25. The first-order valence-electron chi connectivity index (χ1n) is 7.88. The summed E-state index contributed by atoms with van der Waals surface area (Å²) in [5, 5.41) is 3.45. The minimum Gasteiger partial charge on any atom is -0.311 e. The largest absolute Gasteiger partial charge is 0.311 e. The molecule has 0 radical (unpaired) electrons. The van der Waals surface area contributed by atoms with Crippen LogP contribution >= 0.6 is 0 Å². The van der Waals surface area contributed by atoms with E-state index in [0.717, 1.165) is 25.3 Å². The Morgan fingerprint density at radius 1 is 1.20 bits per heavy atom. The molecule has 20 heavy (non-hydrogen) atoms. The molecular formula is C17H31N3. The lowest BCUT2D eigenvalue weighted by atomic mass is 10.1. The number of rotatable bonds is 9. The van der Waals surface area contributed by atoms with Gasteiger partial charge in [-0.15, -0.1) is 0 Å². The fourth-order valence-electron chi connectivity index (χ4n) is 2.25. The maximum Gasteiger partial charge on any atom is 0.0547 e. The van der Waals surface area contributed by atoms with Crippen molar-refractivity contribution in [3.05, 3.63) is 29.6 Å². The van der Waals surface area contributed by atoms with Gasteiger partial charge in [-0.3, -0.25) is 9.88 Å². The topological polar surface area (TPSA) is 28.2 Å². The molecule has 1 rings (SSSR count). The average molecular weight is 277 g/mol. The summed E-state index contributed by atoms with van der Waals surface area (Å²) in [6.07, 6.45) is 2.48. The molecule has 1 unspecified atom stereocenters. The van der Waals surface area contributed by atoms with Gasteiger partial charge in [0.1, 0.15) is 0 Å². The molecule has 0 saturated heterocycles. The fraction of sp³-hybridized carbons (Fsp3) is 0.706. The highest BCUT2D eigenvalue weighted by Gasteiger charge is 2.09. The lowest BCUT2D eigenvalue weighted by Gasteiger charge is -2.24. The molecule has 0 aliphatic heterocycles. The zero-order valence-electron chi connectivity index (χ0n) is 13.8. The van der Waals surface area contributed by atoms with Crippen LogP contribution in [0.1, 0.15) is 51.9 Å². The van der Waals surface area contributed by atoms with E-state index in [1.807, 2.05) is 0 Å². The first kappa shape index (κ1) is 17.1. The predicted molar refractivity (Wildman–Crippen MR) is 86.6 cm³/mol. The Morgan fingerprint density at radius 2 is 1.90 bits per heavy atom. The second-order valence-corrected chi connectivity index (χ2v) is 6.20. The highest BCUT2D eigenvalue weighted by Crippen LogP contribution is 2.09. The van der Waals surface area contributed by atoms with Gasteiger partial charge in [0.25, 0.3) is 0 Å². The van der Waals surface area contributed by atoms with E-state index in [9.17, 15) is 0 Å². The maximum absolute atomic E-state index is 4.75. The number of hydrogen-bond acceptors (Lipinski definition) is 3. The highest BCUT2D eigenvalue weighted by atomic mass is 15.1. The second kappa shape index (κ2) is 9.09. The Hall–Kier alpha value is -0.930. The molecule has 0 spiro atoms. The molecule has 1 N–H and O–H groups in total. The van der Waals surface area contributed by atoms with Crippen molar-refractivity contribution in [3.8, 4) is 0 Å². The quantitative estimate of drug-likeness (QED) is 0.749. The molecule has 3 nitrogen and oxygen atoms in total.